The summed E-state index contributed by atoms with van der Waals surface area (Å²) in [5.41, 5.74) is 5.94. The number of nitrogens with one attached hydrogen (secondary N) is 6. The van der Waals surface area contributed by atoms with Gasteiger partial charge in [-0.05, 0) is 101 Å². The first-order valence-corrected chi connectivity index (χ1v) is 31.7. The molecule has 0 rings (SSSR count). The number of amides is 6. The Morgan fingerprint density at radius 2 is 0.739 bits per heavy atom. The Labute approximate surface area is 541 Å². The first-order valence-electron chi connectivity index (χ1n) is 31.7. The van der Waals surface area contributed by atoms with Crippen molar-refractivity contribution in [1.82, 2.24) is 31.9 Å². The topological polar surface area (TPSA) is 433 Å². The number of carboxylic acids is 2. The largest absolute Gasteiger partial charge is 0.481 e. The molecule has 92 heavy (non-hydrogen) atoms. The fourth-order valence-corrected chi connectivity index (χ4v) is 8.48. The Balaban J connectivity index is 6.59. The summed E-state index contributed by atoms with van der Waals surface area (Å²) in [6.45, 7) is 30.1. The van der Waals surface area contributed by atoms with Gasteiger partial charge < -0.3 is 76.3 Å². The average Bonchev–Trinajstić information content (AvgIpc) is 1.17. The molecule has 0 heterocycles. The normalized spacial score (nSPS) is 15.5. The quantitative estimate of drug-likeness (QED) is 0.0240. The van der Waals surface area contributed by atoms with Gasteiger partial charge in [-0.3, -0.25) is 38.4 Å². The van der Waals surface area contributed by atoms with Crippen LogP contribution in [0.4, 0.5) is 0 Å². The number of aliphatic carboxylic acids is 2. The Morgan fingerprint density at radius 1 is 0.370 bits per heavy atom. The van der Waals surface area contributed by atoms with Crippen molar-refractivity contribution < 1.29 is 106 Å². The molecule has 0 aromatic carbocycles. The average molecular weight is 1310 g/mol. The zero-order valence-corrected chi connectivity index (χ0v) is 57.3. The summed E-state index contributed by atoms with van der Waals surface area (Å²) in [5.74, 6) is -17.8. The molecule has 0 aromatic rings. The summed E-state index contributed by atoms with van der Waals surface area (Å²) in [6.07, 6.45) is -8.88. The van der Waals surface area contributed by atoms with E-state index in [2.05, 4.69) is 31.9 Å². The SMILES string of the molecule is CC(C)C[C@@H](OC(=O)[C@H](CCC(=O)NCCCCCC(=O)O)NC(=O)[C@@H](OC(=O)[C@@H](C)NC(=O)[C@@H](CC(C)C)OC(=O)[C@@H](NC(=O)[C@@H](OC(=O)[C@@H](C)NC(=O)[C@@H](CC(C)C)OC(=O)[C@@H](N)C(C)C)C(C)C)C(C)C)C(C)C)C(=O)N[C@H](C)C(=O)O[C@H](C(=O)O)C(C)C. The second-order valence-corrected chi connectivity index (χ2v) is 26.2. The fourth-order valence-electron chi connectivity index (χ4n) is 8.48. The van der Waals surface area contributed by atoms with Crippen LogP contribution in [0.1, 0.15) is 189 Å². The highest BCUT2D eigenvalue weighted by Crippen LogP contribution is 2.19. The Morgan fingerprint density at radius 3 is 1.09 bits per heavy atom. The lowest BCUT2D eigenvalue weighted by Gasteiger charge is -2.29. The van der Waals surface area contributed by atoms with E-state index >= 15 is 0 Å². The molecule has 526 valence electrons. The minimum atomic E-state index is -1.68. The standard InChI is InChI=1S/C63H107N7O22/c1-30(2)27-42(52(74)68-40(19)60(83)92-51(37(15)16)57(79)80)87-61(84)41(24-25-45(71)65-26-22-20-21-23-46(72)73)69-55(77)49(35(11)12)90-58(81)38(17)67-54(76)44(29-32(5)6)89-63(86)48(34(9)10)70-56(78)50(36(13)14)91-59(82)39(18)66-53(75)43(28-31(3)4)88-62(85)47(64)33(7)8/h30-44,47-51H,20-29,64H2,1-19H3,(H,65,71)(H,66,75)(H,67,76)(H,68,74)(H,69,77)(H,70,78)(H,72,73)(H,79,80)/t38-,39-,40-,41+,42-,43-,44-,47+,48+,49+,50+,51+/m1/s1. The molecule has 0 saturated heterocycles. The van der Waals surface area contributed by atoms with Gasteiger partial charge in [0.25, 0.3) is 29.5 Å². The molecule has 29 nitrogen and oxygen atoms in total. The highest BCUT2D eigenvalue weighted by Gasteiger charge is 2.40. The molecular weight excluding hydrogens is 1210 g/mol. The number of unbranched alkanes of at least 4 members (excludes halogenated alkanes) is 2. The van der Waals surface area contributed by atoms with Crippen molar-refractivity contribution in [3.63, 3.8) is 0 Å². The van der Waals surface area contributed by atoms with Crippen LogP contribution in [-0.2, 0) is 95.5 Å². The van der Waals surface area contributed by atoms with E-state index in [1.807, 2.05) is 0 Å². The second-order valence-electron chi connectivity index (χ2n) is 26.2. The van der Waals surface area contributed by atoms with Crippen molar-refractivity contribution in [1.29, 1.82) is 0 Å². The van der Waals surface area contributed by atoms with E-state index in [-0.39, 0.29) is 55.9 Å². The molecule has 0 aliphatic carbocycles. The monoisotopic (exact) mass is 1310 g/mol. The smallest absolute Gasteiger partial charge is 0.345 e. The molecule has 6 amide bonds. The number of hydrogen-bond donors (Lipinski definition) is 9. The zero-order valence-electron chi connectivity index (χ0n) is 57.3. The van der Waals surface area contributed by atoms with Gasteiger partial charge in [-0.25, -0.2) is 28.8 Å². The minimum Gasteiger partial charge on any atom is -0.481 e. The summed E-state index contributed by atoms with van der Waals surface area (Å²) in [4.78, 5) is 186. The molecule has 10 N–H and O–H groups in total. The van der Waals surface area contributed by atoms with Crippen LogP contribution in [0.15, 0.2) is 0 Å². The summed E-state index contributed by atoms with van der Waals surface area (Å²) in [6, 6.07) is -8.41. The predicted molar refractivity (Wildman–Crippen MR) is 332 cm³/mol. The van der Waals surface area contributed by atoms with Gasteiger partial charge in [0, 0.05) is 25.3 Å². The molecule has 0 aromatic heterocycles. The van der Waals surface area contributed by atoms with E-state index in [4.69, 9.17) is 39.3 Å². The lowest BCUT2D eigenvalue weighted by atomic mass is 10.0. The maximum absolute atomic E-state index is 14.2. The second kappa shape index (κ2) is 41.9. The minimum absolute atomic E-state index is 0.0587. The first kappa shape index (κ1) is 84.5. The molecule has 0 aliphatic rings. The lowest BCUT2D eigenvalue weighted by molar-refractivity contribution is -0.169. The number of carbonyl (C=O) groups excluding carboxylic acids is 12. The summed E-state index contributed by atoms with van der Waals surface area (Å²) >= 11 is 0. The van der Waals surface area contributed by atoms with Crippen LogP contribution in [0.25, 0.3) is 0 Å². The maximum Gasteiger partial charge on any atom is 0.345 e. The summed E-state index contributed by atoms with van der Waals surface area (Å²) in [5, 5.41) is 33.4. The first-order chi connectivity index (χ1) is 42.5. The van der Waals surface area contributed by atoms with Crippen LogP contribution < -0.4 is 37.6 Å². The summed E-state index contributed by atoms with van der Waals surface area (Å²) in [7, 11) is 0. The van der Waals surface area contributed by atoms with Crippen molar-refractivity contribution in [2.75, 3.05) is 6.54 Å². The molecule has 29 heteroatoms. The molecule has 0 bridgehead atoms. The number of rotatable bonds is 43. The molecular formula is C63H107N7O22. The number of carbonyl (C=O) groups is 14. The lowest BCUT2D eigenvalue weighted by Crippen LogP contribution is -2.54. The van der Waals surface area contributed by atoms with Crippen molar-refractivity contribution in [2.24, 2.45) is 53.1 Å². The van der Waals surface area contributed by atoms with Crippen molar-refractivity contribution in [2.45, 2.75) is 262 Å². The van der Waals surface area contributed by atoms with E-state index in [0.717, 1.165) is 0 Å². The van der Waals surface area contributed by atoms with Crippen molar-refractivity contribution >= 4 is 83.2 Å². The van der Waals surface area contributed by atoms with Crippen LogP contribution >= 0.6 is 0 Å². The van der Waals surface area contributed by atoms with E-state index < -0.39 is 193 Å². The van der Waals surface area contributed by atoms with E-state index in [1.165, 1.54) is 48.5 Å². The molecule has 0 aliphatic heterocycles. The maximum atomic E-state index is 14.2. The van der Waals surface area contributed by atoms with Gasteiger partial charge in [0.15, 0.2) is 30.5 Å². The molecule has 0 unspecified atom stereocenters. The third-order valence-corrected chi connectivity index (χ3v) is 14.0. The molecule has 0 saturated carbocycles. The zero-order chi connectivity index (χ0) is 71.2. The van der Waals surface area contributed by atoms with E-state index in [9.17, 15) is 72.2 Å². The van der Waals surface area contributed by atoms with Gasteiger partial charge in [-0.1, -0.05) is 117 Å². The van der Waals surface area contributed by atoms with Gasteiger partial charge in [0.1, 0.15) is 36.3 Å². The Bertz CT molecular complexity index is 2480. The van der Waals surface area contributed by atoms with Crippen LogP contribution in [0, 0.1) is 47.3 Å². The third kappa shape index (κ3) is 32.2. The van der Waals surface area contributed by atoms with Gasteiger partial charge in [0.2, 0.25) is 12.0 Å². The highest BCUT2D eigenvalue weighted by atomic mass is 16.6. The number of carboxylic acid groups (broad SMARTS) is 2. The molecule has 12 atom stereocenters. The number of esters is 6. The van der Waals surface area contributed by atoms with Crippen LogP contribution in [0.5, 0.6) is 0 Å². The number of hydrogen-bond acceptors (Lipinski definition) is 21. The molecule has 0 fully saturated rings. The van der Waals surface area contributed by atoms with Gasteiger partial charge >= 0.3 is 47.8 Å². The Hall–Kier alpha value is -7.46. The molecule has 0 spiro atoms. The Kier molecular flexibility index (Phi) is 38.5. The predicted octanol–water partition coefficient (Wildman–Crippen LogP) is 3.31. The van der Waals surface area contributed by atoms with Crippen molar-refractivity contribution in [3.8, 4) is 0 Å². The van der Waals surface area contributed by atoms with Crippen LogP contribution in [0.2, 0.25) is 0 Å². The highest BCUT2D eigenvalue weighted by molar-refractivity contribution is 5.95. The van der Waals surface area contributed by atoms with Gasteiger partial charge in [0.05, 0.1) is 0 Å². The van der Waals surface area contributed by atoms with Crippen LogP contribution in [-0.4, -0.2) is 173 Å². The summed E-state index contributed by atoms with van der Waals surface area (Å²) < 4.78 is 33.2. The van der Waals surface area contributed by atoms with E-state index in [0.29, 0.717) is 19.3 Å². The third-order valence-electron chi connectivity index (χ3n) is 14.0. The van der Waals surface area contributed by atoms with Gasteiger partial charge in [-0.15, -0.1) is 0 Å². The number of nitrogens with two attached hydrogens (primary N) is 1. The van der Waals surface area contributed by atoms with E-state index in [1.54, 1.807) is 83.1 Å². The van der Waals surface area contributed by atoms with Crippen molar-refractivity contribution in [3.05, 3.63) is 0 Å². The fraction of sp³-hybridized carbons (Fsp3) is 0.778. The van der Waals surface area contributed by atoms with Gasteiger partial charge in [-0.2, -0.15) is 0 Å². The van der Waals surface area contributed by atoms with Crippen LogP contribution in [0.3, 0.4) is 0 Å². The number of ether oxygens (including phenoxy) is 6. The molecule has 0 radical (unpaired) electrons.